The summed E-state index contributed by atoms with van der Waals surface area (Å²) in [4.78, 5) is 11.1. The van der Waals surface area contributed by atoms with E-state index in [1.54, 1.807) is 12.1 Å². The van der Waals surface area contributed by atoms with Crippen molar-refractivity contribution >= 4 is 5.97 Å². The molecule has 0 saturated heterocycles. The van der Waals surface area contributed by atoms with Gasteiger partial charge in [-0.1, -0.05) is 30.3 Å². The number of ether oxygens (including phenoxy) is 1. The topological polar surface area (TPSA) is 70.3 Å². The van der Waals surface area contributed by atoms with E-state index in [-0.39, 0.29) is 23.8 Å². The van der Waals surface area contributed by atoms with Crippen molar-refractivity contribution in [2.75, 3.05) is 0 Å². The van der Waals surface area contributed by atoms with Gasteiger partial charge in [-0.25, -0.2) is 4.39 Å². The van der Waals surface area contributed by atoms with Crippen LogP contribution in [-0.2, 0) is 11.2 Å². The molecular weight excluding hydrogens is 405 g/mol. The molecule has 0 heterocycles. The normalized spacial score (nSPS) is 21.0. The van der Waals surface area contributed by atoms with Gasteiger partial charge in [-0.2, -0.15) is 5.26 Å². The van der Waals surface area contributed by atoms with Crippen LogP contribution in [0, 0.1) is 30.0 Å². The summed E-state index contributed by atoms with van der Waals surface area (Å²) >= 11 is 0. The van der Waals surface area contributed by atoms with E-state index in [4.69, 9.17) is 9.84 Å². The number of halogens is 1. The highest BCUT2D eigenvalue weighted by atomic mass is 19.1. The lowest BCUT2D eigenvalue weighted by Crippen LogP contribution is -2.06. The highest BCUT2D eigenvalue weighted by Gasteiger charge is 2.44. The largest absolute Gasteiger partial charge is 0.486 e. The first-order chi connectivity index (χ1) is 15.5. The second kappa shape index (κ2) is 7.80. The van der Waals surface area contributed by atoms with Crippen molar-refractivity contribution in [2.45, 2.75) is 38.2 Å². The van der Waals surface area contributed by atoms with Crippen molar-refractivity contribution in [1.29, 1.82) is 5.26 Å². The van der Waals surface area contributed by atoms with E-state index in [2.05, 4.69) is 6.07 Å². The minimum absolute atomic E-state index is 0.0705. The number of carbonyl (C=O) groups is 1. The molecule has 0 unspecified atom stereocenters. The highest BCUT2D eigenvalue weighted by Crippen LogP contribution is 2.48. The number of hydrogen-bond acceptors (Lipinski definition) is 3. The molecule has 3 aromatic carbocycles. The van der Waals surface area contributed by atoms with Crippen LogP contribution in [0.15, 0.2) is 54.6 Å². The number of benzene rings is 3. The monoisotopic (exact) mass is 427 g/mol. The summed E-state index contributed by atoms with van der Waals surface area (Å²) in [7, 11) is 0. The summed E-state index contributed by atoms with van der Waals surface area (Å²) in [5, 5.41) is 18.5. The first-order valence-electron chi connectivity index (χ1n) is 10.8. The van der Waals surface area contributed by atoms with E-state index in [1.807, 2.05) is 43.3 Å². The van der Waals surface area contributed by atoms with Crippen molar-refractivity contribution in [3.63, 3.8) is 0 Å². The number of carboxylic acid groups (broad SMARTS) is 1. The second-order valence-electron chi connectivity index (χ2n) is 8.58. The average molecular weight is 427 g/mol. The first kappa shape index (κ1) is 20.3. The number of aliphatic carboxylic acids is 1. The van der Waals surface area contributed by atoms with Gasteiger partial charge < -0.3 is 9.84 Å². The molecule has 1 fully saturated rings. The lowest BCUT2D eigenvalue weighted by Gasteiger charge is -2.17. The first-order valence-corrected chi connectivity index (χ1v) is 10.8. The van der Waals surface area contributed by atoms with Gasteiger partial charge >= 0.3 is 5.97 Å². The molecule has 5 rings (SSSR count). The molecule has 160 valence electrons. The number of nitrogens with zero attached hydrogens (tertiary/aromatic N) is 1. The molecule has 0 radical (unpaired) electrons. The van der Waals surface area contributed by atoms with Gasteiger partial charge in [0.05, 0.1) is 17.6 Å². The Hall–Kier alpha value is -3.65. The predicted octanol–water partition coefficient (Wildman–Crippen LogP) is 5.93. The average Bonchev–Trinajstić information content (AvgIpc) is 3.49. The fourth-order valence-corrected chi connectivity index (χ4v) is 4.89. The highest BCUT2D eigenvalue weighted by molar-refractivity contribution is 5.75. The Bertz CT molecular complexity index is 1260. The van der Waals surface area contributed by atoms with Gasteiger partial charge in [0.2, 0.25) is 0 Å². The molecule has 0 spiro atoms. The van der Waals surface area contributed by atoms with Crippen LogP contribution in [0.5, 0.6) is 5.75 Å². The third-order valence-electron chi connectivity index (χ3n) is 6.72. The molecule has 0 amide bonds. The Balaban J connectivity index is 1.42. The fourth-order valence-electron chi connectivity index (χ4n) is 4.89. The number of rotatable bonds is 5. The van der Waals surface area contributed by atoms with Crippen LogP contribution in [0.25, 0.3) is 11.1 Å². The Kier molecular flexibility index (Phi) is 4.94. The van der Waals surface area contributed by atoms with E-state index < -0.39 is 5.97 Å². The van der Waals surface area contributed by atoms with Crippen molar-refractivity contribution in [1.82, 2.24) is 0 Å². The maximum absolute atomic E-state index is 14.9. The van der Waals surface area contributed by atoms with Crippen LogP contribution in [0.1, 0.15) is 52.7 Å². The molecule has 2 aliphatic rings. The lowest BCUT2D eigenvalue weighted by molar-refractivity contribution is -0.138. The van der Waals surface area contributed by atoms with Crippen molar-refractivity contribution in [3.05, 3.63) is 88.2 Å². The Morgan fingerprint density at radius 1 is 1.12 bits per heavy atom. The van der Waals surface area contributed by atoms with Crippen molar-refractivity contribution in [2.24, 2.45) is 5.92 Å². The van der Waals surface area contributed by atoms with Gasteiger partial charge in [0.1, 0.15) is 17.7 Å². The molecule has 0 bridgehead atoms. The molecular formula is C27H22FNO3. The molecule has 32 heavy (non-hydrogen) atoms. The SMILES string of the molecule is Cc1c(C#N)cccc1-c1ccc(F)c2c1CC[C@H]2Oc1ccc([C@H]2C[C@@H]2C(=O)O)cc1. The molecule has 1 N–H and O–H groups in total. The quantitative estimate of drug-likeness (QED) is 0.548. The summed E-state index contributed by atoms with van der Waals surface area (Å²) in [6.45, 7) is 1.92. The molecule has 2 aliphatic carbocycles. The lowest BCUT2D eigenvalue weighted by atomic mass is 9.91. The van der Waals surface area contributed by atoms with E-state index >= 15 is 0 Å². The molecule has 0 aromatic heterocycles. The minimum Gasteiger partial charge on any atom is -0.486 e. The van der Waals surface area contributed by atoms with Gasteiger partial charge in [0.25, 0.3) is 0 Å². The number of carboxylic acids is 1. The predicted molar refractivity (Wildman–Crippen MR) is 118 cm³/mol. The van der Waals surface area contributed by atoms with Gasteiger partial charge in [0.15, 0.2) is 0 Å². The van der Waals surface area contributed by atoms with E-state index in [9.17, 15) is 14.4 Å². The van der Waals surface area contributed by atoms with Crippen LogP contribution >= 0.6 is 0 Å². The second-order valence-corrected chi connectivity index (χ2v) is 8.58. The van der Waals surface area contributed by atoms with Crippen LogP contribution in [0.4, 0.5) is 4.39 Å². The van der Waals surface area contributed by atoms with E-state index in [1.165, 1.54) is 6.07 Å². The third kappa shape index (κ3) is 3.42. The fraction of sp³-hybridized carbons (Fsp3) is 0.259. The van der Waals surface area contributed by atoms with Crippen LogP contribution in [0.3, 0.4) is 0 Å². The zero-order valence-electron chi connectivity index (χ0n) is 17.6. The summed E-state index contributed by atoms with van der Waals surface area (Å²) in [6, 6.07) is 18.6. The van der Waals surface area contributed by atoms with Gasteiger partial charge in [-0.3, -0.25) is 4.79 Å². The number of fused-ring (bicyclic) bond motifs is 1. The van der Waals surface area contributed by atoms with Crippen LogP contribution in [0.2, 0.25) is 0 Å². The maximum Gasteiger partial charge on any atom is 0.307 e. The molecule has 1 saturated carbocycles. The summed E-state index contributed by atoms with van der Waals surface area (Å²) in [5.41, 5.74) is 5.93. The number of nitriles is 1. The minimum atomic E-state index is -0.750. The maximum atomic E-state index is 14.9. The zero-order chi connectivity index (χ0) is 22.4. The Morgan fingerprint density at radius 2 is 1.91 bits per heavy atom. The van der Waals surface area contributed by atoms with E-state index in [0.717, 1.165) is 27.8 Å². The summed E-state index contributed by atoms with van der Waals surface area (Å²) in [5.74, 6) is -0.606. The third-order valence-corrected chi connectivity index (χ3v) is 6.72. The van der Waals surface area contributed by atoms with Crippen molar-refractivity contribution in [3.8, 4) is 22.9 Å². The summed E-state index contributed by atoms with van der Waals surface area (Å²) < 4.78 is 21.1. The Labute approximate surface area is 185 Å². The molecule has 3 aromatic rings. The Morgan fingerprint density at radius 3 is 2.59 bits per heavy atom. The molecule has 4 nitrogen and oxygen atoms in total. The van der Waals surface area contributed by atoms with Crippen LogP contribution < -0.4 is 4.74 Å². The van der Waals surface area contributed by atoms with Crippen LogP contribution in [-0.4, -0.2) is 11.1 Å². The standard InChI is InChI=1S/C27H22FNO3/c1-15-17(14-29)3-2-4-19(15)20-9-11-24(28)26-21(20)10-12-25(26)32-18-7-5-16(6-8-18)22-13-23(22)27(30)31/h2-9,11,22-23,25H,10,12-13H2,1H3,(H,30,31)/t22-,23+,25-/m1/s1. The molecule has 3 atom stereocenters. The zero-order valence-corrected chi connectivity index (χ0v) is 17.6. The number of hydrogen-bond donors (Lipinski definition) is 1. The van der Waals surface area contributed by atoms with Gasteiger partial charge in [0, 0.05) is 5.56 Å². The van der Waals surface area contributed by atoms with E-state index in [0.29, 0.717) is 36.1 Å². The van der Waals surface area contributed by atoms with Gasteiger partial charge in [-0.15, -0.1) is 0 Å². The summed E-state index contributed by atoms with van der Waals surface area (Å²) in [6.07, 6.45) is 1.66. The smallest absolute Gasteiger partial charge is 0.307 e. The van der Waals surface area contributed by atoms with Crippen molar-refractivity contribution < 1.29 is 19.0 Å². The van der Waals surface area contributed by atoms with Gasteiger partial charge in [-0.05, 0) is 84.2 Å². The molecule has 5 heteroatoms. The molecule has 0 aliphatic heterocycles.